The quantitative estimate of drug-likeness (QED) is 0.771. The Bertz CT molecular complexity index is 444. The molecule has 0 radical (unpaired) electrons. The van der Waals surface area contributed by atoms with E-state index in [1.165, 1.54) is 24.0 Å². The van der Waals surface area contributed by atoms with Gasteiger partial charge < -0.3 is 10.4 Å². The molecular formula is C15H22BrNO. The number of piperidine rings is 1. The van der Waals surface area contributed by atoms with Gasteiger partial charge in [0.05, 0.1) is 0 Å². The molecule has 0 aromatic heterocycles. The lowest BCUT2D eigenvalue weighted by Gasteiger charge is -2.48. The molecule has 1 saturated heterocycles. The zero-order valence-electron chi connectivity index (χ0n) is 11.1. The Morgan fingerprint density at radius 3 is 2.89 bits per heavy atom. The van der Waals surface area contributed by atoms with E-state index in [9.17, 15) is 5.11 Å². The summed E-state index contributed by atoms with van der Waals surface area (Å²) < 4.78 is 0. The molecule has 3 rings (SSSR count). The van der Waals surface area contributed by atoms with Crippen LogP contribution >= 0.6 is 17.0 Å². The van der Waals surface area contributed by atoms with Crippen molar-refractivity contribution in [1.82, 2.24) is 5.32 Å². The summed E-state index contributed by atoms with van der Waals surface area (Å²) in [7, 11) is 0. The van der Waals surface area contributed by atoms with Gasteiger partial charge in [-0.15, -0.1) is 17.0 Å². The van der Waals surface area contributed by atoms with Gasteiger partial charge in [0, 0.05) is 6.04 Å². The van der Waals surface area contributed by atoms with E-state index >= 15 is 0 Å². The number of fused-ring (bicyclic) bond motifs is 2. The second-order valence-corrected chi connectivity index (χ2v) is 6.08. The van der Waals surface area contributed by atoms with Crippen molar-refractivity contribution in [3.05, 3.63) is 29.3 Å². The molecule has 2 atom stereocenters. The first-order chi connectivity index (χ1) is 8.09. The van der Waals surface area contributed by atoms with Crippen molar-refractivity contribution in [2.75, 3.05) is 6.54 Å². The summed E-state index contributed by atoms with van der Waals surface area (Å²) in [6.45, 7) is 5.81. The third-order valence-corrected chi connectivity index (χ3v) is 4.74. The van der Waals surface area contributed by atoms with Crippen LogP contribution in [0.3, 0.4) is 0 Å². The minimum Gasteiger partial charge on any atom is -0.508 e. The van der Waals surface area contributed by atoms with Crippen LogP contribution < -0.4 is 5.32 Å². The van der Waals surface area contributed by atoms with Crippen LogP contribution in [0.25, 0.3) is 0 Å². The van der Waals surface area contributed by atoms with Gasteiger partial charge in [-0.3, -0.25) is 0 Å². The number of rotatable bonds is 0. The lowest BCUT2D eigenvalue weighted by molar-refractivity contribution is 0.168. The Morgan fingerprint density at radius 2 is 2.11 bits per heavy atom. The van der Waals surface area contributed by atoms with E-state index in [4.69, 9.17) is 0 Å². The summed E-state index contributed by atoms with van der Waals surface area (Å²) in [5, 5.41) is 13.4. The van der Waals surface area contributed by atoms with Gasteiger partial charge in [0.15, 0.2) is 0 Å². The van der Waals surface area contributed by atoms with Crippen LogP contribution in [-0.2, 0) is 11.8 Å². The molecule has 0 spiro atoms. The fourth-order valence-corrected chi connectivity index (χ4v) is 3.81. The second kappa shape index (κ2) is 4.86. The molecule has 2 unspecified atom stereocenters. The van der Waals surface area contributed by atoms with Gasteiger partial charge in [-0.2, -0.15) is 0 Å². The van der Waals surface area contributed by atoms with Crippen molar-refractivity contribution in [3.63, 3.8) is 0 Å². The largest absolute Gasteiger partial charge is 0.508 e. The van der Waals surface area contributed by atoms with Crippen LogP contribution in [-0.4, -0.2) is 17.7 Å². The standard InChI is InChI=1S/C15H21NO.BrH/c1-15(2)12-4-3-7-16-14(12)8-10-5-6-11(17)9-13(10)15;/h5-6,9,12,14,16-17H,3-4,7-8H2,1-2H3;1H. The Balaban J connectivity index is 0.00000120. The van der Waals surface area contributed by atoms with Gasteiger partial charge in [0.1, 0.15) is 5.75 Å². The Morgan fingerprint density at radius 1 is 1.33 bits per heavy atom. The van der Waals surface area contributed by atoms with Gasteiger partial charge in [-0.05, 0) is 60.4 Å². The Labute approximate surface area is 120 Å². The maximum absolute atomic E-state index is 9.70. The maximum atomic E-state index is 9.70. The van der Waals surface area contributed by atoms with E-state index in [0.29, 0.717) is 17.7 Å². The summed E-state index contributed by atoms with van der Waals surface area (Å²) in [5.74, 6) is 1.10. The molecule has 2 N–H and O–H groups in total. The van der Waals surface area contributed by atoms with E-state index in [2.05, 4.69) is 25.2 Å². The average Bonchev–Trinajstić information content (AvgIpc) is 2.31. The number of phenolic OH excluding ortho intramolecular Hbond substituents is 1. The summed E-state index contributed by atoms with van der Waals surface area (Å²) in [4.78, 5) is 0. The number of benzene rings is 1. The predicted molar refractivity (Wildman–Crippen MR) is 79.7 cm³/mol. The van der Waals surface area contributed by atoms with Crippen molar-refractivity contribution in [3.8, 4) is 5.75 Å². The third kappa shape index (κ3) is 2.08. The molecule has 0 bridgehead atoms. The smallest absolute Gasteiger partial charge is 0.115 e. The zero-order valence-corrected chi connectivity index (χ0v) is 12.8. The lowest BCUT2D eigenvalue weighted by atomic mass is 9.61. The first kappa shape index (κ1) is 13.9. The first-order valence-electron chi connectivity index (χ1n) is 6.65. The van der Waals surface area contributed by atoms with Crippen LogP contribution in [0.4, 0.5) is 0 Å². The van der Waals surface area contributed by atoms with Crippen molar-refractivity contribution in [2.24, 2.45) is 5.92 Å². The first-order valence-corrected chi connectivity index (χ1v) is 6.65. The number of hydrogen-bond acceptors (Lipinski definition) is 2. The molecule has 2 aliphatic rings. The highest BCUT2D eigenvalue weighted by molar-refractivity contribution is 8.93. The van der Waals surface area contributed by atoms with Gasteiger partial charge in [0.2, 0.25) is 0 Å². The third-order valence-electron chi connectivity index (χ3n) is 4.74. The topological polar surface area (TPSA) is 32.3 Å². The minimum absolute atomic E-state index is 0. The van der Waals surface area contributed by atoms with E-state index in [0.717, 1.165) is 13.0 Å². The van der Waals surface area contributed by atoms with Crippen LogP contribution in [0, 0.1) is 5.92 Å². The molecule has 3 heteroatoms. The predicted octanol–water partition coefficient (Wildman–Crippen LogP) is 3.17. The molecule has 1 fully saturated rings. The van der Waals surface area contributed by atoms with Gasteiger partial charge in [-0.25, -0.2) is 0 Å². The van der Waals surface area contributed by atoms with E-state index < -0.39 is 0 Å². The van der Waals surface area contributed by atoms with Gasteiger partial charge >= 0.3 is 0 Å². The molecule has 100 valence electrons. The molecule has 0 amide bonds. The number of phenols is 1. The van der Waals surface area contributed by atoms with Crippen molar-refractivity contribution < 1.29 is 5.11 Å². The number of aromatic hydroxyl groups is 1. The molecule has 1 aromatic carbocycles. The zero-order chi connectivity index (χ0) is 12.0. The highest BCUT2D eigenvalue weighted by atomic mass is 79.9. The lowest BCUT2D eigenvalue weighted by Crippen LogP contribution is -2.53. The van der Waals surface area contributed by atoms with Crippen molar-refractivity contribution in [1.29, 1.82) is 0 Å². The van der Waals surface area contributed by atoms with E-state index in [1.807, 2.05) is 12.1 Å². The molecule has 0 saturated carbocycles. The van der Waals surface area contributed by atoms with Gasteiger partial charge in [0.25, 0.3) is 0 Å². The van der Waals surface area contributed by atoms with E-state index in [-0.39, 0.29) is 22.4 Å². The number of halogens is 1. The molecule has 1 heterocycles. The highest BCUT2D eigenvalue weighted by Gasteiger charge is 2.43. The number of hydrogen-bond donors (Lipinski definition) is 2. The summed E-state index contributed by atoms with van der Waals surface area (Å²) in [6.07, 6.45) is 3.70. The molecule has 18 heavy (non-hydrogen) atoms. The summed E-state index contributed by atoms with van der Waals surface area (Å²) in [5.41, 5.74) is 2.93. The SMILES string of the molecule is Br.CC1(C)c2cc(O)ccc2CC2NCCCC21. The van der Waals surface area contributed by atoms with E-state index in [1.54, 1.807) is 0 Å². The van der Waals surface area contributed by atoms with Crippen LogP contribution in [0.5, 0.6) is 5.75 Å². The van der Waals surface area contributed by atoms with Crippen LogP contribution in [0.2, 0.25) is 0 Å². The average molecular weight is 312 g/mol. The van der Waals surface area contributed by atoms with Crippen LogP contribution in [0.15, 0.2) is 18.2 Å². The second-order valence-electron chi connectivity index (χ2n) is 6.08. The molecule has 1 aliphatic carbocycles. The number of nitrogens with one attached hydrogen (secondary N) is 1. The normalized spacial score (nSPS) is 28.8. The summed E-state index contributed by atoms with van der Waals surface area (Å²) >= 11 is 0. The minimum atomic E-state index is 0. The molecular weight excluding hydrogens is 290 g/mol. The van der Waals surface area contributed by atoms with Crippen molar-refractivity contribution >= 4 is 17.0 Å². The van der Waals surface area contributed by atoms with Crippen LogP contribution in [0.1, 0.15) is 37.8 Å². The highest BCUT2D eigenvalue weighted by Crippen LogP contribution is 2.45. The fourth-order valence-electron chi connectivity index (χ4n) is 3.81. The Hall–Kier alpha value is -0.540. The summed E-state index contributed by atoms with van der Waals surface area (Å²) in [6, 6.07) is 6.51. The Kier molecular flexibility index (Phi) is 3.75. The fraction of sp³-hybridized carbons (Fsp3) is 0.600. The molecule has 2 nitrogen and oxygen atoms in total. The molecule has 1 aromatic rings. The van der Waals surface area contributed by atoms with Gasteiger partial charge in [-0.1, -0.05) is 19.9 Å². The maximum Gasteiger partial charge on any atom is 0.115 e. The monoisotopic (exact) mass is 311 g/mol. The molecule has 1 aliphatic heterocycles. The van der Waals surface area contributed by atoms with Crippen molar-refractivity contribution in [2.45, 2.75) is 44.6 Å².